The summed E-state index contributed by atoms with van der Waals surface area (Å²) in [4.78, 5) is 72.6. The molecule has 562 valence electrons. The second-order valence-corrected chi connectivity index (χ2v) is 26.3. The molecule has 0 heterocycles. The first-order valence-corrected chi connectivity index (χ1v) is 39.7. The Bertz CT molecular complexity index is 2670. The maximum atomic E-state index is 13.1. The number of unbranched alkanes of at least 4 members (excludes halogenated alkanes) is 10. The van der Waals surface area contributed by atoms with E-state index < -0.39 is 97.5 Å². The molecule has 0 bridgehead atoms. The zero-order valence-electron chi connectivity index (χ0n) is 61.0. The fourth-order valence-electron chi connectivity index (χ4n) is 8.63. The largest absolute Gasteiger partial charge is 0.472 e. The summed E-state index contributed by atoms with van der Waals surface area (Å²) in [7, 11) is -10.0. The molecule has 5 atom stereocenters. The monoisotopic (exact) mass is 1430 g/mol. The first-order valence-electron chi connectivity index (χ1n) is 36.7. The van der Waals surface area contributed by atoms with Gasteiger partial charge < -0.3 is 33.8 Å². The standard InChI is InChI=1S/C81H126O17P2/c1-5-9-13-17-21-25-29-33-36-37-40-43-46-50-54-58-62-66-79(84)92-71-76(97-80(85)67-63-59-55-51-47-41-32-28-24-20-16-12-8-4)73-95-99(87,88)93-69-75(82)70-94-100(89,90)96-74-77(98-81(86)68-64-60-56-52-48-44-39-35-31-27-23-19-15-11-7-3)72-91-78(83)65-61-57-53-49-45-42-38-34-30-26-22-18-14-10-6-2/h9-11,13-15,21-23,25-28,32-36,38-40,43,45,48-50,52,54,57,60-61,64,75-77,82H,5-8,12,16-20,24,29-31,37,41-42,44,46-47,51,53,55-56,58-59,62-63,65-74H2,1-4H3,(H,87,88)(H,89,90)/b13-9-,14-10-,15-11-,25-21-,26-22-,27-23-,32-28-,36-33-,38-34-,39-35-,43-40-,49-45-,52-48-,54-50-,61-57-,64-60-. The summed E-state index contributed by atoms with van der Waals surface area (Å²) in [6, 6.07) is 0. The van der Waals surface area contributed by atoms with Crippen molar-refractivity contribution in [2.45, 2.75) is 251 Å². The van der Waals surface area contributed by atoms with Crippen molar-refractivity contribution in [1.82, 2.24) is 0 Å². The van der Waals surface area contributed by atoms with Crippen molar-refractivity contribution in [3.63, 3.8) is 0 Å². The first-order chi connectivity index (χ1) is 48.7. The van der Waals surface area contributed by atoms with Gasteiger partial charge >= 0.3 is 39.5 Å². The number of hydrogen-bond acceptors (Lipinski definition) is 15. The lowest BCUT2D eigenvalue weighted by molar-refractivity contribution is -0.161. The molecule has 0 radical (unpaired) electrons. The molecule has 0 amide bonds. The van der Waals surface area contributed by atoms with Crippen LogP contribution < -0.4 is 0 Å². The van der Waals surface area contributed by atoms with Crippen LogP contribution in [0.25, 0.3) is 0 Å². The van der Waals surface area contributed by atoms with Gasteiger partial charge in [0.25, 0.3) is 0 Å². The lowest BCUT2D eigenvalue weighted by atomic mass is 10.1. The van der Waals surface area contributed by atoms with Gasteiger partial charge in [0.2, 0.25) is 0 Å². The van der Waals surface area contributed by atoms with Crippen molar-refractivity contribution < 1.29 is 80.2 Å². The SMILES string of the molecule is CC/C=C\C/C=C\C/C=C\C/C=C\C/C=C\CCCC(=O)OCC(COP(=O)(O)OCC(O)COP(=O)(O)OCC(COC(=O)C/C=C\C/C=C\C/C=C\C/C=C\C/C=C\CC)OC(=O)C/C=C\C/C=C\C/C=C\C/C=C\C/C=C\CC)OC(=O)CCCCCCC/C=C\CCCCCC. The molecule has 100 heavy (non-hydrogen) atoms. The summed E-state index contributed by atoms with van der Waals surface area (Å²) >= 11 is 0. The average molecular weight is 1430 g/mol. The molecule has 0 saturated carbocycles. The molecule has 0 spiro atoms. The number of hydrogen-bond donors (Lipinski definition) is 3. The number of aliphatic hydroxyl groups is 1. The Kier molecular flexibility index (Phi) is 67.0. The lowest BCUT2D eigenvalue weighted by Gasteiger charge is -2.21. The fourth-order valence-corrected chi connectivity index (χ4v) is 10.2. The number of esters is 4. The molecule has 0 aliphatic carbocycles. The quantitative estimate of drug-likeness (QED) is 0.0169. The smallest absolute Gasteiger partial charge is 0.462 e. The van der Waals surface area contributed by atoms with Crippen LogP contribution in [0, 0.1) is 0 Å². The van der Waals surface area contributed by atoms with Crippen LogP contribution in [-0.2, 0) is 65.4 Å². The van der Waals surface area contributed by atoms with Crippen molar-refractivity contribution in [1.29, 1.82) is 0 Å². The van der Waals surface area contributed by atoms with E-state index in [9.17, 15) is 43.2 Å². The predicted octanol–water partition coefficient (Wildman–Crippen LogP) is 21.0. The van der Waals surface area contributed by atoms with Gasteiger partial charge in [0.1, 0.15) is 19.3 Å². The number of carbonyl (C=O) groups is 4. The van der Waals surface area contributed by atoms with Crippen molar-refractivity contribution in [3.8, 4) is 0 Å². The third-order valence-electron chi connectivity index (χ3n) is 14.1. The molecular formula is C81H126O17P2. The van der Waals surface area contributed by atoms with Crippen LogP contribution in [0.3, 0.4) is 0 Å². The Balaban J connectivity index is 5.56. The topological polar surface area (TPSA) is 237 Å². The van der Waals surface area contributed by atoms with E-state index in [0.717, 1.165) is 122 Å². The van der Waals surface area contributed by atoms with Gasteiger partial charge in [0.05, 0.1) is 39.3 Å². The maximum absolute atomic E-state index is 13.1. The Morgan fingerprint density at radius 1 is 0.300 bits per heavy atom. The van der Waals surface area contributed by atoms with Crippen molar-refractivity contribution in [2.24, 2.45) is 0 Å². The van der Waals surface area contributed by atoms with E-state index in [-0.39, 0.29) is 25.7 Å². The molecule has 0 aliphatic heterocycles. The molecule has 0 saturated heterocycles. The van der Waals surface area contributed by atoms with Gasteiger partial charge in [-0.25, -0.2) is 9.13 Å². The van der Waals surface area contributed by atoms with Crippen LogP contribution in [0.5, 0.6) is 0 Å². The molecule has 19 heteroatoms. The molecular weight excluding hydrogens is 1310 g/mol. The third kappa shape index (κ3) is 70.3. The highest BCUT2D eigenvalue weighted by atomic mass is 31.2. The van der Waals surface area contributed by atoms with Gasteiger partial charge in [-0.3, -0.25) is 37.3 Å². The molecule has 0 aromatic carbocycles. The Hall–Kier alpha value is -6.10. The van der Waals surface area contributed by atoms with Crippen molar-refractivity contribution >= 4 is 39.5 Å². The van der Waals surface area contributed by atoms with E-state index in [1.165, 1.54) is 25.7 Å². The van der Waals surface area contributed by atoms with Crippen LogP contribution >= 0.6 is 15.6 Å². The van der Waals surface area contributed by atoms with Crippen LogP contribution in [0.4, 0.5) is 0 Å². The molecule has 0 aromatic heterocycles. The maximum Gasteiger partial charge on any atom is 0.472 e. The minimum absolute atomic E-state index is 0.0603. The van der Waals surface area contributed by atoms with Gasteiger partial charge in [-0.2, -0.15) is 0 Å². The van der Waals surface area contributed by atoms with Crippen LogP contribution in [0.15, 0.2) is 194 Å². The number of carbonyl (C=O) groups excluding carboxylic acids is 4. The molecule has 0 rings (SSSR count). The molecule has 0 aliphatic rings. The van der Waals surface area contributed by atoms with E-state index in [0.29, 0.717) is 32.1 Å². The zero-order chi connectivity index (χ0) is 73.2. The number of phosphoric acid groups is 2. The zero-order valence-corrected chi connectivity index (χ0v) is 62.8. The molecule has 0 aromatic rings. The van der Waals surface area contributed by atoms with Crippen LogP contribution in [0.2, 0.25) is 0 Å². The van der Waals surface area contributed by atoms with E-state index in [1.54, 1.807) is 24.3 Å². The van der Waals surface area contributed by atoms with E-state index in [2.05, 4.69) is 161 Å². The van der Waals surface area contributed by atoms with E-state index >= 15 is 0 Å². The predicted molar refractivity (Wildman–Crippen MR) is 408 cm³/mol. The molecule has 3 N–H and O–H groups in total. The highest BCUT2D eigenvalue weighted by Crippen LogP contribution is 2.45. The summed E-state index contributed by atoms with van der Waals surface area (Å²) in [6.45, 7) is 4.15. The summed E-state index contributed by atoms with van der Waals surface area (Å²) < 4.78 is 68.0. The van der Waals surface area contributed by atoms with Gasteiger partial charge in [0, 0.05) is 12.8 Å². The van der Waals surface area contributed by atoms with E-state index in [4.69, 9.17) is 37.0 Å². The number of rotatable bonds is 66. The van der Waals surface area contributed by atoms with Crippen LogP contribution in [-0.4, -0.2) is 96.7 Å². The van der Waals surface area contributed by atoms with Crippen molar-refractivity contribution in [2.75, 3.05) is 39.6 Å². The minimum atomic E-state index is -5.03. The van der Waals surface area contributed by atoms with Crippen LogP contribution in [0.1, 0.15) is 233 Å². The Morgan fingerprint density at radius 3 is 0.970 bits per heavy atom. The second kappa shape index (κ2) is 71.3. The van der Waals surface area contributed by atoms with Gasteiger partial charge in [0.15, 0.2) is 12.2 Å². The number of phosphoric ester groups is 2. The average Bonchev–Trinajstić information content (AvgIpc) is 0.965. The minimum Gasteiger partial charge on any atom is -0.462 e. The lowest BCUT2D eigenvalue weighted by Crippen LogP contribution is -2.30. The number of ether oxygens (including phenoxy) is 4. The fraction of sp³-hybridized carbons (Fsp3) is 0.556. The highest BCUT2D eigenvalue weighted by Gasteiger charge is 2.30. The van der Waals surface area contributed by atoms with Gasteiger partial charge in [-0.15, -0.1) is 0 Å². The van der Waals surface area contributed by atoms with Gasteiger partial charge in [-0.05, 0) is 141 Å². The molecule has 17 nitrogen and oxygen atoms in total. The third-order valence-corrected chi connectivity index (χ3v) is 16.0. The Labute approximate surface area is 602 Å². The van der Waals surface area contributed by atoms with Crippen molar-refractivity contribution in [3.05, 3.63) is 194 Å². The summed E-state index contributed by atoms with van der Waals surface area (Å²) in [5, 5.41) is 10.6. The molecule has 5 unspecified atom stereocenters. The number of allylic oxidation sites excluding steroid dienone is 30. The normalized spacial score (nSPS) is 15.1. The van der Waals surface area contributed by atoms with Gasteiger partial charge in [-0.1, -0.05) is 261 Å². The summed E-state index contributed by atoms with van der Waals surface area (Å²) in [5.41, 5.74) is 0. The Morgan fingerprint density at radius 2 is 0.580 bits per heavy atom. The number of aliphatic hydroxyl groups excluding tert-OH is 1. The summed E-state index contributed by atoms with van der Waals surface area (Å²) in [5.74, 6) is -2.58. The summed E-state index contributed by atoms with van der Waals surface area (Å²) in [6.07, 6.45) is 86.5. The first kappa shape index (κ1) is 93.9. The molecule has 0 fully saturated rings. The van der Waals surface area contributed by atoms with E-state index in [1.807, 2.05) is 36.5 Å². The second-order valence-electron chi connectivity index (χ2n) is 23.4. The highest BCUT2D eigenvalue weighted by molar-refractivity contribution is 7.47.